The summed E-state index contributed by atoms with van der Waals surface area (Å²) < 4.78 is 55.0. The highest BCUT2D eigenvalue weighted by Crippen LogP contribution is 2.33. The third-order valence-corrected chi connectivity index (χ3v) is 4.48. The van der Waals surface area contributed by atoms with Crippen molar-refractivity contribution in [2.75, 3.05) is 11.9 Å². The zero-order valence-electron chi connectivity index (χ0n) is 11.6. The topological polar surface area (TPSA) is 27.0 Å². The molecule has 0 saturated carbocycles. The van der Waals surface area contributed by atoms with Gasteiger partial charge in [0.1, 0.15) is 16.0 Å². The Morgan fingerprint density at radius 1 is 1.04 bits per heavy atom. The van der Waals surface area contributed by atoms with E-state index >= 15 is 0 Å². The number of nitrogens with zero attached hydrogens (tertiary/aromatic N) is 2. The molecule has 0 aliphatic rings. The van der Waals surface area contributed by atoms with Crippen molar-refractivity contribution in [3.05, 3.63) is 59.2 Å². The molecule has 2 nitrogen and oxygen atoms in total. The lowest BCUT2D eigenvalue weighted by atomic mass is 10.2. The molecule has 0 radical (unpaired) electrons. The molecule has 2 aromatic rings. The summed E-state index contributed by atoms with van der Waals surface area (Å²) in [6, 6.07) is 9.76. The number of thioether (sulfide) groups is 1. The van der Waals surface area contributed by atoms with Gasteiger partial charge in [-0.15, -0.1) is 0 Å². The number of rotatable bonds is 2. The average molecular weight is 356 g/mol. The van der Waals surface area contributed by atoms with Crippen molar-refractivity contribution in [1.29, 1.82) is 5.26 Å². The number of nitriles is 1. The zero-order valence-corrected chi connectivity index (χ0v) is 13.2. The summed E-state index contributed by atoms with van der Waals surface area (Å²) in [6.45, 7) is 0. The number of hydrogen-bond donors (Lipinski definition) is 0. The molecule has 0 fully saturated rings. The molecule has 0 aromatic heterocycles. The van der Waals surface area contributed by atoms with Crippen LogP contribution >= 0.6 is 24.0 Å². The van der Waals surface area contributed by atoms with Gasteiger partial charge in [0.2, 0.25) is 0 Å². The van der Waals surface area contributed by atoms with Crippen LogP contribution in [0.4, 0.5) is 23.2 Å². The molecule has 0 saturated heterocycles. The number of anilines is 1. The molecule has 23 heavy (non-hydrogen) atoms. The zero-order chi connectivity index (χ0) is 17.1. The number of hydrogen-bond acceptors (Lipinski definition) is 3. The highest BCUT2D eigenvalue weighted by Gasteiger charge is 2.27. The lowest BCUT2D eigenvalue weighted by molar-refractivity contribution is 0.423. The molecule has 0 bridgehead atoms. The molecule has 0 aliphatic heterocycles. The summed E-state index contributed by atoms with van der Waals surface area (Å²) in [6.07, 6.45) is 0. The molecule has 118 valence electrons. The summed E-state index contributed by atoms with van der Waals surface area (Å²) in [7, 11) is 1.55. The minimum absolute atomic E-state index is 0.0162. The first-order valence-electron chi connectivity index (χ1n) is 6.15. The van der Waals surface area contributed by atoms with E-state index in [0.717, 1.165) is 6.07 Å². The third-order valence-electron chi connectivity index (χ3n) is 2.94. The van der Waals surface area contributed by atoms with Crippen molar-refractivity contribution in [2.45, 2.75) is 4.90 Å². The van der Waals surface area contributed by atoms with E-state index in [0.29, 0.717) is 17.4 Å². The van der Waals surface area contributed by atoms with Gasteiger partial charge in [0.25, 0.3) is 0 Å². The van der Waals surface area contributed by atoms with Crippen LogP contribution in [0, 0.1) is 34.6 Å². The quantitative estimate of drug-likeness (QED) is 0.339. The Kier molecular flexibility index (Phi) is 5.23. The highest BCUT2D eigenvalue weighted by molar-refractivity contribution is 8.23. The van der Waals surface area contributed by atoms with Crippen molar-refractivity contribution < 1.29 is 17.6 Å². The molecule has 8 heteroatoms. The monoisotopic (exact) mass is 356 g/mol. The fraction of sp³-hybridized carbons (Fsp3) is 0.0667. The third kappa shape index (κ3) is 3.30. The van der Waals surface area contributed by atoms with Crippen LogP contribution in [-0.2, 0) is 0 Å². The van der Waals surface area contributed by atoms with Crippen LogP contribution in [0.15, 0.2) is 35.2 Å². The fourth-order valence-electron chi connectivity index (χ4n) is 1.71. The largest absolute Gasteiger partial charge is 0.330 e. The molecule has 0 aliphatic carbocycles. The van der Waals surface area contributed by atoms with E-state index in [1.165, 1.54) is 4.90 Å². The van der Waals surface area contributed by atoms with Crippen LogP contribution in [0.3, 0.4) is 0 Å². The van der Waals surface area contributed by atoms with E-state index in [4.69, 9.17) is 17.5 Å². The maximum Gasteiger partial charge on any atom is 0.180 e. The first-order chi connectivity index (χ1) is 10.9. The van der Waals surface area contributed by atoms with Gasteiger partial charge in [0.05, 0.1) is 4.90 Å². The SMILES string of the molecule is CN(C(=S)Sc1c(F)c(F)c(C#N)c(F)c1F)c1ccccc1. The minimum atomic E-state index is -1.74. The van der Waals surface area contributed by atoms with Gasteiger partial charge in [0, 0.05) is 12.7 Å². The molecule has 0 amide bonds. The standard InChI is InChI=1S/C15H8F4N2S2/c1-21(8-5-3-2-4-6-8)15(22)23-14-12(18)10(16)9(7-20)11(17)13(14)19/h2-6H,1H3. The summed E-state index contributed by atoms with van der Waals surface area (Å²) in [5.41, 5.74) is -0.660. The Morgan fingerprint density at radius 2 is 1.57 bits per heavy atom. The van der Waals surface area contributed by atoms with Crippen LogP contribution in [0.25, 0.3) is 0 Å². The van der Waals surface area contributed by atoms with Gasteiger partial charge in [-0.25, -0.2) is 17.6 Å². The molecular formula is C15H8F4N2S2. The summed E-state index contributed by atoms with van der Waals surface area (Å²) in [5, 5.41) is 8.55. The first kappa shape index (κ1) is 17.2. The van der Waals surface area contributed by atoms with E-state index in [9.17, 15) is 17.6 Å². The van der Waals surface area contributed by atoms with Gasteiger partial charge in [-0.1, -0.05) is 42.2 Å². The van der Waals surface area contributed by atoms with Crippen LogP contribution in [0.2, 0.25) is 0 Å². The van der Waals surface area contributed by atoms with E-state index < -0.39 is 33.7 Å². The van der Waals surface area contributed by atoms with Crippen molar-refractivity contribution in [1.82, 2.24) is 0 Å². The number of halogens is 4. The second-order valence-electron chi connectivity index (χ2n) is 4.33. The van der Waals surface area contributed by atoms with E-state index in [2.05, 4.69) is 0 Å². The normalized spacial score (nSPS) is 10.3. The van der Waals surface area contributed by atoms with Gasteiger partial charge >= 0.3 is 0 Å². The van der Waals surface area contributed by atoms with Crippen LogP contribution in [0.1, 0.15) is 5.56 Å². The number of benzene rings is 2. The van der Waals surface area contributed by atoms with Gasteiger partial charge in [-0.3, -0.25) is 0 Å². The second kappa shape index (κ2) is 6.98. The molecule has 0 N–H and O–H groups in total. The second-order valence-corrected chi connectivity index (χ2v) is 5.98. The maximum absolute atomic E-state index is 13.9. The van der Waals surface area contributed by atoms with Crippen molar-refractivity contribution in [3.8, 4) is 6.07 Å². The fourth-order valence-corrected chi connectivity index (χ4v) is 2.84. The Morgan fingerprint density at radius 3 is 2.04 bits per heavy atom. The van der Waals surface area contributed by atoms with Crippen molar-refractivity contribution in [3.63, 3.8) is 0 Å². The predicted octanol–water partition coefficient (Wildman–Crippen LogP) is 4.63. The number of para-hydroxylation sites is 1. The van der Waals surface area contributed by atoms with Crippen molar-refractivity contribution in [2.24, 2.45) is 0 Å². The van der Waals surface area contributed by atoms with E-state index in [1.54, 1.807) is 37.4 Å². The molecule has 0 heterocycles. The lowest BCUT2D eigenvalue weighted by Crippen LogP contribution is -2.21. The van der Waals surface area contributed by atoms with Crippen LogP contribution in [0.5, 0.6) is 0 Å². The Balaban J connectivity index is 2.38. The molecular weight excluding hydrogens is 348 g/mol. The van der Waals surface area contributed by atoms with Crippen LogP contribution < -0.4 is 4.90 Å². The highest BCUT2D eigenvalue weighted by atomic mass is 32.2. The van der Waals surface area contributed by atoms with E-state index in [-0.39, 0.29) is 4.32 Å². The summed E-state index contributed by atoms with van der Waals surface area (Å²) in [5.74, 6) is -6.76. The van der Waals surface area contributed by atoms with Gasteiger partial charge in [0.15, 0.2) is 23.3 Å². The minimum Gasteiger partial charge on any atom is -0.330 e. The molecule has 2 rings (SSSR count). The summed E-state index contributed by atoms with van der Waals surface area (Å²) in [4.78, 5) is 0.513. The summed E-state index contributed by atoms with van der Waals surface area (Å²) >= 11 is 5.42. The Hall–Kier alpha value is -2.11. The maximum atomic E-state index is 13.9. The van der Waals surface area contributed by atoms with E-state index in [1.807, 2.05) is 0 Å². The smallest absolute Gasteiger partial charge is 0.180 e. The average Bonchev–Trinajstić information content (AvgIpc) is 2.57. The number of thiocarbonyl (C=S) groups is 1. The van der Waals surface area contributed by atoms with Crippen molar-refractivity contribution >= 4 is 34.0 Å². The molecule has 0 atom stereocenters. The Labute approximate surface area is 139 Å². The molecule has 0 spiro atoms. The molecule has 2 aromatic carbocycles. The lowest BCUT2D eigenvalue weighted by Gasteiger charge is -2.20. The first-order valence-corrected chi connectivity index (χ1v) is 7.37. The molecule has 0 unspecified atom stereocenters. The Bertz CT molecular complexity index is 774. The predicted molar refractivity (Wildman–Crippen MR) is 84.3 cm³/mol. The van der Waals surface area contributed by atoms with Gasteiger partial charge in [-0.05, 0) is 12.1 Å². The van der Waals surface area contributed by atoms with Crippen LogP contribution in [-0.4, -0.2) is 11.4 Å². The van der Waals surface area contributed by atoms with Gasteiger partial charge in [-0.2, -0.15) is 5.26 Å². The van der Waals surface area contributed by atoms with Gasteiger partial charge < -0.3 is 4.90 Å².